The first kappa shape index (κ1) is 38.1. The summed E-state index contributed by atoms with van der Waals surface area (Å²) in [6.45, 7) is 9.43. The quantitative estimate of drug-likeness (QED) is 0.0576. The molecule has 1 rings (SSSR count). The van der Waals surface area contributed by atoms with Gasteiger partial charge < -0.3 is 19.7 Å². The molecular weight excluding hydrogens is 524 g/mol. The lowest BCUT2D eigenvalue weighted by Crippen LogP contribution is -2.12. The van der Waals surface area contributed by atoms with Gasteiger partial charge in [-0.1, -0.05) is 143 Å². The zero-order chi connectivity index (χ0) is 30.8. The zero-order valence-electron chi connectivity index (χ0n) is 28.0. The predicted octanol–water partition coefficient (Wildman–Crippen LogP) is 12.1. The second-order valence-corrected chi connectivity index (χ2v) is 12.3. The monoisotopic (exact) mass is 590 g/mol. The van der Waals surface area contributed by atoms with E-state index in [2.05, 4.69) is 27.7 Å². The van der Waals surface area contributed by atoms with E-state index in [1.54, 1.807) is 0 Å². The van der Waals surface area contributed by atoms with Gasteiger partial charge in [0.2, 0.25) is 5.75 Å². The lowest BCUT2D eigenvalue weighted by Gasteiger charge is -2.24. The third-order valence-corrected chi connectivity index (χ3v) is 8.48. The molecule has 0 aliphatic rings. The molecule has 0 fully saturated rings. The van der Waals surface area contributed by atoms with Gasteiger partial charge in [-0.05, 0) is 50.5 Å². The highest BCUT2D eigenvalue weighted by atomic mass is 16.7. The number of aromatic hydroxyl groups is 1. The second kappa shape index (κ2) is 25.6. The van der Waals surface area contributed by atoms with Crippen LogP contribution >= 0.6 is 0 Å². The van der Waals surface area contributed by atoms with E-state index in [0.29, 0.717) is 12.4 Å². The molecule has 0 heterocycles. The van der Waals surface area contributed by atoms with E-state index in [0.717, 1.165) is 75.3 Å². The standard InChI is InChI=1S/C37H66O5/c1-5-9-13-17-18-22-26-30-41-35-33(29-25-21-16-12-8-4)31(27-23-19-14-10-6-2)32(28-24-20-15-11-7-3)34(38)36(35)42-37(39)40/h38H,5-30H2,1-4H3,(H,39,40). The Morgan fingerprint density at radius 3 is 1.33 bits per heavy atom. The van der Waals surface area contributed by atoms with Gasteiger partial charge in [0.25, 0.3) is 0 Å². The van der Waals surface area contributed by atoms with Crippen molar-refractivity contribution in [2.75, 3.05) is 6.61 Å². The summed E-state index contributed by atoms with van der Waals surface area (Å²) in [5.74, 6) is 0.489. The Morgan fingerprint density at radius 2 is 0.881 bits per heavy atom. The van der Waals surface area contributed by atoms with Crippen molar-refractivity contribution in [3.63, 3.8) is 0 Å². The first-order chi connectivity index (χ1) is 20.5. The molecule has 0 radical (unpaired) electrons. The van der Waals surface area contributed by atoms with Crippen LogP contribution in [0.3, 0.4) is 0 Å². The van der Waals surface area contributed by atoms with Gasteiger partial charge in [0.1, 0.15) is 0 Å². The van der Waals surface area contributed by atoms with Crippen molar-refractivity contribution < 1.29 is 24.5 Å². The summed E-state index contributed by atoms with van der Waals surface area (Å²) in [4.78, 5) is 11.8. The predicted molar refractivity (Wildman–Crippen MR) is 178 cm³/mol. The maximum absolute atomic E-state index is 11.8. The van der Waals surface area contributed by atoms with Crippen LogP contribution in [-0.4, -0.2) is 23.0 Å². The molecule has 0 atom stereocenters. The molecule has 0 bridgehead atoms. The topological polar surface area (TPSA) is 76.0 Å². The smallest absolute Gasteiger partial charge is 0.504 e. The van der Waals surface area contributed by atoms with Gasteiger partial charge in [0.05, 0.1) is 6.61 Å². The lowest BCUT2D eigenvalue weighted by molar-refractivity contribution is 0.140. The van der Waals surface area contributed by atoms with E-state index in [1.807, 2.05) is 0 Å². The molecule has 1 aromatic rings. The van der Waals surface area contributed by atoms with Gasteiger partial charge in [0.15, 0.2) is 11.5 Å². The SMILES string of the molecule is CCCCCCCCCOc1c(CCCCCCC)c(CCCCCCC)c(CCCCCCC)c(O)c1OC(=O)O. The Morgan fingerprint density at radius 1 is 0.500 bits per heavy atom. The lowest BCUT2D eigenvalue weighted by atomic mass is 9.88. The van der Waals surface area contributed by atoms with Gasteiger partial charge >= 0.3 is 6.16 Å². The molecule has 0 unspecified atom stereocenters. The highest BCUT2D eigenvalue weighted by Gasteiger charge is 2.27. The third-order valence-electron chi connectivity index (χ3n) is 8.48. The normalized spacial score (nSPS) is 11.2. The van der Waals surface area contributed by atoms with Crippen LogP contribution in [0.4, 0.5) is 4.79 Å². The van der Waals surface area contributed by atoms with Crippen molar-refractivity contribution in [1.29, 1.82) is 0 Å². The van der Waals surface area contributed by atoms with Gasteiger partial charge in [-0.15, -0.1) is 0 Å². The van der Waals surface area contributed by atoms with E-state index in [4.69, 9.17) is 9.47 Å². The number of hydrogen-bond acceptors (Lipinski definition) is 4. The molecular formula is C37H66O5. The van der Waals surface area contributed by atoms with Crippen molar-refractivity contribution >= 4 is 6.16 Å². The van der Waals surface area contributed by atoms with E-state index in [9.17, 15) is 15.0 Å². The molecule has 5 heteroatoms. The Balaban J connectivity index is 3.35. The average molecular weight is 591 g/mol. The molecule has 1 aromatic carbocycles. The van der Waals surface area contributed by atoms with Crippen LogP contribution in [0.25, 0.3) is 0 Å². The third kappa shape index (κ3) is 16.1. The van der Waals surface area contributed by atoms with Gasteiger partial charge in [-0.3, -0.25) is 0 Å². The number of carbonyl (C=O) groups is 1. The molecule has 0 amide bonds. The number of phenolic OH excluding ortho intramolecular Hbond substituents is 1. The summed E-state index contributed by atoms with van der Waals surface area (Å²) >= 11 is 0. The van der Waals surface area contributed by atoms with Crippen LogP contribution in [0.5, 0.6) is 17.2 Å². The average Bonchev–Trinajstić information content (AvgIpc) is 2.97. The second-order valence-electron chi connectivity index (χ2n) is 12.3. The molecule has 5 nitrogen and oxygen atoms in total. The van der Waals surface area contributed by atoms with Crippen molar-refractivity contribution in [3.05, 3.63) is 16.7 Å². The van der Waals surface area contributed by atoms with Crippen LogP contribution in [0, 0.1) is 0 Å². The van der Waals surface area contributed by atoms with Crippen molar-refractivity contribution in [2.45, 2.75) is 188 Å². The summed E-state index contributed by atoms with van der Waals surface area (Å²) in [6.07, 6.45) is 26.8. The molecule has 0 aliphatic heterocycles. The molecule has 0 saturated heterocycles. The number of rotatable bonds is 28. The van der Waals surface area contributed by atoms with E-state index in [1.165, 1.54) is 102 Å². The highest BCUT2D eigenvalue weighted by Crippen LogP contribution is 2.47. The number of hydrogen-bond donors (Lipinski definition) is 2. The van der Waals surface area contributed by atoms with Gasteiger partial charge in [0, 0.05) is 11.1 Å². The van der Waals surface area contributed by atoms with E-state index >= 15 is 0 Å². The Kier molecular flexibility index (Phi) is 23.2. The van der Waals surface area contributed by atoms with Crippen molar-refractivity contribution in [3.8, 4) is 17.2 Å². The Labute approximate surface area is 259 Å². The minimum Gasteiger partial charge on any atom is -0.504 e. The Hall–Kier alpha value is -1.91. The molecule has 0 spiro atoms. The minimum absolute atomic E-state index is 0.0132. The van der Waals surface area contributed by atoms with Gasteiger partial charge in [-0.25, -0.2) is 4.79 Å². The minimum atomic E-state index is -1.40. The summed E-state index contributed by atoms with van der Waals surface area (Å²) in [5, 5.41) is 21.2. The zero-order valence-corrected chi connectivity index (χ0v) is 28.0. The van der Waals surface area contributed by atoms with Crippen molar-refractivity contribution in [1.82, 2.24) is 0 Å². The molecule has 42 heavy (non-hydrogen) atoms. The van der Waals surface area contributed by atoms with Crippen LogP contribution in [-0.2, 0) is 19.3 Å². The van der Waals surface area contributed by atoms with Crippen molar-refractivity contribution in [2.24, 2.45) is 0 Å². The van der Waals surface area contributed by atoms with Crippen LogP contribution in [0.15, 0.2) is 0 Å². The number of unbranched alkanes of at least 4 members (excludes halogenated alkanes) is 18. The molecule has 2 N–H and O–H groups in total. The first-order valence-electron chi connectivity index (χ1n) is 17.9. The fraction of sp³-hybridized carbons (Fsp3) is 0.811. The number of phenols is 1. The van der Waals surface area contributed by atoms with E-state index < -0.39 is 6.16 Å². The summed E-state index contributed by atoms with van der Waals surface area (Å²) in [5.41, 5.74) is 3.18. The fourth-order valence-corrected chi connectivity index (χ4v) is 5.96. The van der Waals surface area contributed by atoms with E-state index in [-0.39, 0.29) is 11.5 Å². The summed E-state index contributed by atoms with van der Waals surface area (Å²) in [7, 11) is 0. The largest absolute Gasteiger partial charge is 0.511 e. The maximum atomic E-state index is 11.8. The molecule has 0 aromatic heterocycles. The molecule has 0 saturated carbocycles. The maximum Gasteiger partial charge on any atom is 0.511 e. The van der Waals surface area contributed by atoms with Crippen LogP contribution in [0.2, 0.25) is 0 Å². The Bertz CT molecular complexity index is 819. The fourth-order valence-electron chi connectivity index (χ4n) is 5.96. The summed E-state index contributed by atoms with van der Waals surface area (Å²) in [6, 6.07) is 0. The summed E-state index contributed by atoms with van der Waals surface area (Å²) < 4.78 is 11.7. The number of carboxylic acid groups (broad SMARTS) is 1. The number of ether oxygens (including phenoxy) is 2. The highest BCUT2D eigenvalue weighted by molar-refractivity contribution is 5.70. The molecule has 244 valence electrons. The first-order valence-corrected chi connectivity index (χ1v) is 17.9. The molecule has 0 aliphatic carbocycles. The number of benzene rings is 1. The van der Waals surface area contributed by atoms with Gasteiger partial charge in [-0.2, -0.15) is 0 Å². The van der Waals surface area contributed by atoms with Crippen LogP contribution < -0.4 is 9.47 Å². The van der Waals surface area contributed by atoms with Crippen LogP contribution in [0.1, 0.15) is 186 Å².